The lowest BCUT2D eigenvalue weighted by Gasteiger charge is -2.19. The third kappa shape index (κ3) is 2.58. The topological polar surface area (TPSA) is 81.8 Å². The summed E-state index contributed by atoms with van der Waals surface area (Å²) in [6.45, 7) is 2.48. The highest BCUT2D eigenvalue weighted by Crippen LogP contribution is 2.32. The van der Waals surface area contributed by atoms with Crippen molar-refractivity contribution >= 4 is 5.91 Å². The Morgan fingerprint density at radius 2 is 2.10 bits per heavy atom. The van der Waals surface area contributed by atoms with Crippen molar-refractivity contribution in [3.8, 4) is 0 Å². The Labute approximate surface area is 120 Å². The van der Waals surface area contributed by atoms with Gasteiger partial charge in [-0.25, -0.2) is 14.3 Å². The number of nitrogens with one attached hydrogen (secondary N) is 2. The standard InChI is InChI=1S/C14H15FN4O2/c1-8-6-10(9-2-4-11(15)5-3-9)7-19(8)13(20)12-16-14(21)18-17-12/h2-5,8,10H,6-7H2,1H3,(H2,16,17,18,21)/t8-,10+/m0/s1. The second kappa shape index (κ2) is 5.16. The molecule has 0 radical (unpaired) electrons. The molecule has 2 atom stereocenters. The Kier molecular flexibility index (Phi) is 3.32. The first-order chi connectivity index (χ1) is 10.0. The van der Waals surface area contributed by atoms with Gasteiger partial charge in [0.15, 0.2) is 0 Å². The van der Waals surface area contributed by atoms with Crippen molar-refractivity contribution in [3.63, 3.8) is 0 Å². The van der Waals surface area contributed by atoms with Crippen molar-refractivity contribution in [1.82, 2.24) is 20.1 Å². The fourth-order valence-corrected chi connectivity index (χ4v) is 2.80. The molecule has 6 nitrogen and oxygen atoms in total. The summed E-state index contributed by atoms with van der Waals surface area (Å²) in [7, 11) is 0. The van der Waals surface area contributed by atoms with Gasteiger partial charge in [0.25, 0.3) is 5.91 Å². The van der Waals surface area contributed by atoms with Crippen LogP contribution >= 0.6 is 0 Å². The summed E-state index contributed by atoms with van der Waals surface area (Å²) in [5.74, 6) is -0.390. The number of halogens is 1. The van der Waals surface area contributed by atoms with Crippen LogP contribution in [0.3, 0.4) is 0 Å². The number of aromatic amines is 2. The number of amides is 1. The summed E-state index contributed by atoms with van der Waals surface area (Å²) in [4.78, 5) is 27.4. The quantitative estimate of drug-likeness (QED) is 0.873. The number of hydrogen-bond acceptors (Lipinski definition) is 3. The number of hydrogen-bond donors (Lipinski definition) is 2. The predicted molar refractivity (Wildman–Crippen MR) is 73.5 cm³/mol. The fourth-order valence-electron chi connectivity index (χ4n) is 2.80. The number of likely N-dealkylation sites (tertiary alicyclic amines) is 1. The molecule has 21 heavy (non-hydrogen) atoms. The van der Waals surface area contributed by atoms with Crippen molar-refractivity contribution in [1.29, 1.82) is 0 Å². The molecule has 0 aliphatic carbocycles. The third-order valence-electron chi connectivity index (χ3n) is 3.88. The molecular formula is C14H15FN4O2. The summed E-state index contributed by atoms with van der Waals surface area (Å²) in [5, 5.41) is 5.86. The third-order valence-corrected chi connectivity index (χ3v) is 3.88. The number of nitrogens with zero attached hydrogens (tertiary/aromatic N) is 2. The first-order valence-electron chi connectivity index (χ1n) is 6.75. The van der Waals surface area contributed by atoms with Gasteiger partial charge in [-0.1, -0.05) is 12.1 Å². The van der Waals surface area contributed by atoms with Gasteiger partial charge >= 0.3 is 5.69 Å². The Hall–Kier alpha value is -2.44. The van der Waals surface area contributed by atoms with Crippen LogP contribution in [0.2, 0.25) is 0 Å². The van der Waals surface area contributed by atoms with Crippen LogP contribution < -0.4 is 5.69 Å². The molecule has 2 heterocycles. The van der Waals surface area contributed by atoms with Crippen molar-refractivity contribution in [2.75, 3.05) is 6.54 Å². The van der Waals surface area contributed by atoms with E-state index < -0.39 is 5.69 Å². The van der Waals surface area contributed by atoms with Gasteiger partial charge < -0.3 is 4.90 Å². The summed E-state index contributed by atoms with van der Waals surface area (Å²) in [6, 6.07) is 6.38. The van der Waals surface area contributed by atoms with Crippen LogP contribution in [0.1, 0.15) is 35.4 Å². The number of H-pyrrole nitrogens is 2. The Balaban J connectivity index is 1.78. The lowest BCUT2D eigenvalue weighted by atomic mass is 9.97. The second-order valence-corrected chi connectivity index (χ2v) is 5.32. The van der Waals surface area contributed by atoms with E-state index in [9.17, 15) is 14.0 Å². The van der Waals surface area contributed by atoms with E-state index in [1.54, 1.807) is 17.0 Å². The summed E-state index contributed by atoms with van der Waals surface area (Å²) < 4.78 is 13.0. The predicted octanol–water partition coefficient (Wildman–Crippen LogP) is 1.26. The highest BCUT2D eigenvalue weighted by molar-refractivity contribution is 5.90. The van der Waals surface area contributed by atoms with Crippen LogP contribution in [0.15, 0.2) is 29.1 Å². The van der Waals surface area contributed by atoms with Crippen molar-refractivity contribution < 1.29 is 9.18 Å². The molecule has 7 heteroatoms. The molecule has 0 saturated carbocycles. The highest BCUT2D eigenvalue weighted by atomic mass is 19.1. The van der Waals surface area contributed by atoms with Gasteiger partial charge in [-0.3, -0.25) is 9.78 Å². The molecule has 110 valence electrons. The maximum atomic E-state index is 13.0. The molecule has 1 aromatic carbocycles. The van der Waals surface area contributed by atoms with Gasteiger partial charge in [-0.05, 0) is 31.0 Å². The smallest absolute Gasteiger partial charge is 0.333 e. The van der Waals surface area contributed by atoms with E-state index in [0.29, 0.717) is 6.54 Å². The molecule has 1 aliphatic heterocycles. The van der Waals surface area contributed by atoms with E-state index in [1.165, 1.54) is 12.1 Å². The average Bonchev–Trinajstić information content (AvgIpc) is 3.05. The minimum Gasteiger partial charge on any atom is -0.333 e. The minimum absolute atomic E-state index is 0.0200. The van der Waals surface area contributed by atoms with Gasteiger partial charge in [0.05, 0.1) is 0 Å². The zero-order valence-corrected chi connectivity index (χ0v) is 11.5. The molecule has 1 amide bonds. The number of carbonyl (C=O) groups excluding carboxylic acids is 1. The summed E-state index contributed by atoms with van der Waals surface area (Å²) >= 11 is 0. The maximum absolute atomic E-state index is 13.0. The van der Waals surface area contributed by atoms with Crippen LogP contribution in [-0.2, 0) is 0 Å². The zero-order valence-electron chi connectivity index (χ0n) is 11.5. The van der Waals surface area contributed by atoms with E-state index in [-0.39, 0.29) is 29.5 Å². The van der Waals surface area contributed by atoms with Gasteiger partial charge in [-0.2, -0.15) is 0 Å². The molecule has 1 saturated heterocycles. The van der Waals surface area contributed by atoms with Crippen molar-refractivity contribution in [2.45, 2.75) is 25.3 Å². The average molecular weight is 290 g/mol. The number of rotatable bonds is 2. The molecule has 0 unspecified atom stereocenters. The molecule has 2 aromatic rings. The normalized spacial score (nSPS) is 21.7. The van der Waals surface area contributed by atoms with Crippen LogP contribution in [0.25, 0.3) is 0 Å². The van der Waals surface area contributed by atoms with E-state index in [2.05, 4.69) is 15.2 Å². The Morgan fingerprint density at radius 3 is 2.71 bits per heavy atom. The largest absolute Gasteiger partial charge is 0.341 e. The van der Waals surface area contributed by atoms with Gasteiger partial charge in [0.2, 0.25) is 5.82 Å². The van der Waals surface area contributed by atoms with E-state index in [4.69, 9.17) is 0 Å². The van der Waals surface area contributed by atoms with Gasteiger partial charge in [0.1, 0.15) is 5.82 Å². The summed E-state index contributed by atoms with van der Waals surface area (Å²) in [6.07, 6.45) is 0.798. The van der Waals surface area contributed by atoms with E-state index in [1.807, 2.05) is 6.92 Å². The monoisotopic (exact) mass is 290 g/mol. The van der Waals surface area contributed by atoms with Crippen LogP contribution in [0, 0.1) is 5.82 Å². The van der Waals surface area contributed by atoms with Crippen LogP contribution in [0.5, 0.6) is 0 Å². The lowest BCUT2D eigenvalue weighted by Crippen LogP contribution is -2.34. The molecule has 2 N–H and O–H groups in total. The summed E-state index contributed by atoms with van der Waals surface area (Å²) in [5.41, 5.74) is 0.509. The first-order valence-corrected chi connectivity index (χ1v) is 6.75. The van der Waals surface area contributed by atoms with E-state index >= 15 is 0 Å². The van der Waals surface area contributed by atoms with E-state index in [0.717, 1.165) is 12.0 Å². The van der Waals surface area contributed by atoms with Gasteiger partial charge in [0, 0.05) is 18.5 Å². The number of benzene rings is 1. The SMILES string of the molecule is C[C@H]1C[C@@H](c2ccc(F)cc2)CN1C(=O)c1n[nH]c(=O)[nH]1. The Bertz CT molecular complexity index is 706. The van der Waals surface area contributed by atoms with Crippen LogP contribution in [-0.4, -0.2) is 38.6 Å². The fraction of sp³-hybridized carbons (Fsp3) is 0.357. The second-order valence-electron chi connectivity index (χ2n) is 5.32. The maximum Gasteiger partial charge on any atom is 0.341 e. The molecule has 1 aromatic heterocycles. The molecule has 0 spiro atoms. The number of aromatic nitrogens is 3. The number of carbonyl (C=O) groups is 1. The zero-order chi connectivity index (χ0) is 15.0. The minimum atomic E-state index is -0.500. The lowest BCUT2D eigenvalue weighted by molar-refractivity contribution is 0.0734. The van der Waals surface area contributed by atoms with Crippen molar-refractivity contribution in [2.24, 2.45) is 0 Å². The first kappa shape index (κ1) is 13.5. The van der Waals surface area contributed by atoms with Crippen LogP contribution in [0.4, 0.5) is 4.39 Å². The Morgan fingerprint density at radius 1 is 1.38 bits per heavy atom. The molecule has 0 bridgehead atoms. The molecule has 1 aliphatic rings. The molecular weight excluding hydrogens is 275 g/mol. The molecule has 3 rings (SSSR count). The molecule has 1 fully saturated rings. The van der Waals surface area contributed by atoms with Crippen molar-refractivity contribution in [3.05, 3.63) is 52.0 Å². The van der Waals surface area contributed by atoms with Gasteiger partial charge in [-0.15, -0.1) is 5.10 Å². The highest BCUT2D eigenvalue weighted by Gasteiger charge is 2.34.